The Bertz CT molecular complexity index is 786. The van der Waals surface area contributed by atoms with E-state index in [0.29, 0.717) is 43.1 Å². The van der Waals surface area contributed by atoms with E-state index in [1.807, 2.05) is 18.2 Å². The molecule has 0 radical (unpaired) electrons. The normalized spacial score (nSPS) is 14.0. The number of nitrogens with zero attached hydrogens (tertiary/aromatic N) is 1. The van der Waals surface area contributed by atoms with Crippen LogP contribution in [0.4, 0.5) is 10.1 Å². The zero-order valence-corrected chi connectivity index (χ0v) is 16.8. The highest BCUT2D eigenvalue weighted by molar-refractivity contribution is 6.06. The summed E-state index contributed by atoms with van der Waals surface area (Å²) in [6, 6.07) is 15.0. The average Bonchev–Trinajstić information content (AvgIpc) is 3.27. The largest absolute Gasteiger partial charge is 0.356 e. The molecular formula is C24H29FN2O2. The number of rotatable bonds is 9. The minimum Gasteiger partial charge on any atom is -0.356 e. The maximum atomic E-state index is 13.3. The Morgan fingerprint density at radius 3 is 2.38 bits per heavy atom. The van der Waals surface area contributed by atoms with Crippen molar-refractivity contribution >= 4 is 17.5 Å². The van der Waals surface area contributed by atoms with Crippen molar-refractivity contribution in [2.75, 3.05) is 18.0 Å². The lowest BCUT2D eigenvalue weighted by Gasteiger charge is -2.23. The summed E-state index contributed by atoms with van der Waals surface area (Å²) in [5.74, 6) is 0.318. The van der Waals surface area contributed by atoms with Crippen LogP contribution in [-0.2, 0) is 4.79 Å². The Kier molecular flexibility index (Phi) is 7.79. The van der Waals surface area contributed by atoms with Gasteiger partial charge in [0.15, 0.2) is 0 Å². The van der Waals surface area contributed by atoms with Crippen LogP contribution in [0.25, 0.3) is 0 Å². The fourth-order valence-electron chi connectivity index (χ4n) is 3.89. The molecule has 1 aliphatic carbocycles. The van der Waals surface area contributed by atoms with Gasteiger partial charge in [-0.3, -0.25) is 9.59 Å². The molecule has 0 atom stereocenters. The summed E-state index contributed by atoms with van der Waals surface area (Å²) in [5, 5.41) is 2.96. The van der Waals surface area contributed by atoms with Crippen molar-refractivity contribution in [1.82, 2.24) is 5.32 Å². The molecule has 0 saturated heterocycles. The molecule has 29 heavy (non-hydrogen) atoms. The number of carbonyl (C=O) groups excluding carboxylic acids is 2. The van der Waals surface area contributed by atoms with Gasteiger partial charge < -0.3 is 10.2 Å². The molecule has 1 fully saturated rings. The molecule has 0 aromatic heterocycles. The van der Waals surface area contributed by atoms with Crippen LogP contribution in [0, 0.1) is 11.7 Å². The monoisotopic (exact) mass is 396 g/mol. The second-order valence-corrected chi connectivity index (χ2v) is 7.69. The quantitative estimate of drug-likeness (QED) is 0.610. The third-order valence-corrected chi connectivity index (χ3v) is 5.54. The van der Waals surface area contributed by atoms with E-state index in [4.69, 9.17) is 0 Å². The summed E-state index contributed by atoms with van der Waals surface area (Å²) in [4.78, 5) is 26.7. The van der Waals surface area contributed by atoms with Crippen molar-refractivity contribution < 1.29 is 14.0 Å². The van der Waals surface area contributed by atoms with Crippen LogP contribution < -0.4 is 10.2 Å². The third kappa shape index (κ3) is 6.41. The standard InChI is InChI=1S/C24H29FN2O2/c25-21-12-14-22(15-13-21)27(24(29)20-9-2-1-3-10-20)18-6-17-26-23(28)16-11-19-7-4-5-8-19/h1-3,9-10,12-15,19H,4-8,11,16-18H2,(H,26,28). The van der Waals surface area contributed by atoms with Crippen LogP contribution in [0.2, 0.25) is 0 Å². The topological polar surface area (TPSA) is 49.4 Å². The molecule has 1 N–H and O–H groups in total. The lowest BCUT2D eigenvalue weighted by atomic mass is 10.0. The number of hydrogen-bond acceptors (Lipinski definition) is 2. The maximum Gasteiger partial charge on any atom is 0.258 e. The molecule has 4 nitrogen and oxygen atoms in total. The molecule has 0 unspecified atom stereocenters. The molecule has 0 spiro atoms. The van der Waals surface area contributed by atoms with Crippen molar-refractivity contribution in [3.8, 4) is 0 Å². The van der Waals surface area contributed by atoms with E-state index in [0.717, 1.165) is 6.42 Å². The molecule has 5 heteroatoms. The third-order valence-electron chi connectivity index (χ3n) is 5.54. The van der Waals surface area contributed by atoms with E-state index < -0.39 is 0 Å². The molecule has 0 bridgehead atoms. The smallest absolute Gasteiger partial charge is 0.258 e. The first-order valence-electron chi connectivity index (χ1n) is 10.5. The molecule has 1 aliphatic rings. The second-order valence-electron chi connectivity index (χ2n) is 7.69. The highest BCUT2D eigenvalue weighted by Gasteiger charge is 2.18. The number of benzene rings is 2. The Hall–Kier alpha value is -2.69. The summed E-state index contributed by atoms with van der Waals surface area (Å²) >= 11 is 0. The van der Waals surface area contributed by atoms with E-state index in [-0.39, 0.29) is 17.6 Å². The predicted molar refractivity (Wildman–Crippen MR) is 113 cm³/mol. The van der Waals surface area contributed by atoms with Gasteiger partial charge in [0.2, 0.25) is 5.91 Å². The summed E-state index contributed by atoms with van der Waals surface area (Å²) in [7, 11) is 0. The number of anilines is 1. The molecule has 154 valence electrons. The van der Waals surface area contributed by atoms with Gasteiger partial charge in [0.25, 0.3) is 5.91 Å². The van der Waals surface area contributed by atoms with Gasteiger partial charge in [-0.2, -0.15) is 0 Å². The molecule has 1 saturated carbocycles. The van der Waals surface area contributed by atoms with E-state index >= 15 is 0 Å². The minimum atomic E-state index is -0.338. The number of hydrogen-bond donors (Lipinski definition) is 1. The first-order chi connectivity index (χ1) is 14.1. The first-order valence-corrected chi connectivity index (χ1v) is 10.5. The highest BCUT2D eigenvalue weighted by atomic mass is 19.1. The summed E-state index contributed by atoms with van der Waals surface area (Å²) < 4.78 is 13.3. The van der Waals surface area contributed by atoms with Gasteiger partial charge in [0.05, 0.1) is 0 Å². The van der Waals surface area contributed by atoms with Crippen LogP contribution in [0.1, 0.15) is 55.3 Å². The van der Waals surface area contributed by atoms with Crippen LogP contribution >= 0.6 is 0 Å². The number of amides is 2. The van der Waals surface area contributed by atoms with Gasteiger partial charge in [0, 0.05) is 30.8 Å². The number of nitrogens with one attached hydrogen (secondary N) is 1. The maximum absolute atomic E-state index is 13.3. The molecule has 2 aromatic carbocycles. The molecule has 2 amide bonds. The zero-order chi connectivity index (χ0) is 20.5. The van der Waals surface area contributed by atoms with Crippen LogP contribution in [0.3, 0.4) is 0 Å². The molecule has 0 aliphatic heterocycles. The number of carbonyl (C=O) groups is 2. The molecule has 2 aromatic rings. The minimum absolute atomic E-state index is 0.0830. The van der Waals surface area contributed by atoms with Gasteiger partial charge in [-0.05, 0) is 55.2 Å². The summed E-state index contributed by atoms with van der Waals surface area (Å²) in [6.45, 7) is 0.964. The zero-order valence-electron chi connectivity index (χ0n) is 16.8. The Balaban J connectivity index is 1.52. The molecule has 0 heterocycles. The van der Waals surface area contributed by atoms with Crippen molar-refractivity contribution in [1.29, 1.82) is 0 Å². The lowest BCUT2D eigenvalue weighted by Crippen LogP contribution is -2.34. The van der Waals surface area contributed by atoms with Gasteiger partial charge in [-0.1, -0.05) is 43.9 Å². The van der Waals surface area contributed by atoms with Gasteiger partial charge in [-0.25, -0.2) is 4.39 Å². The SMILES string of the molecule is O=C(CCC1CCCC1)NCCCN(C(=O)c1ccccc1)c1ccc(F)cc1. The van der Waals surface area contributed by atoms with E-state index in [1.165, 1.54) is 37.8 Å². The highest BCUT2D eigenvalue weighted by Crippen LogP contribution is 2.28. The summed E-state index contributed by atoms with van der Waals surface area (Å²) in [5.41, 5.74) is 1.23. The fourth-order valence-corrected chi connectivity index (χ4v) is 3.89. The van der Waals surface area contributed by atoms with Gasteiger partial charge >= 0.3 is 0 Å². The van der Waals surface area contributed by atoms with Crippen LogP contribution in [0.5, 0.6) is 0 Å². The van der Waals surface area contributed by atoms with Gasteiger partial charge in [0.1, 0.15) is 5.82 Å². The predicted octanol–water partition coefficient (Wildman–Crippen LogP) is 4.95. The Labute approximate surface area is 172 Å². The molecular weight excluding hydrogens is 367 g/mol. The van der Waals surface area contributed by atoms with E-state index in [1.54, 1.807) is 29.2 Å². The van der Waals surface area contributed by atoms with E-state index in [9.17, 15) is 14.0 Å². The van der Waals surface area contributed by atoms with Crippen molar-refractivity contribution in [3.05, 3.63) is 66.0 Å². The first kappa shape index (κ1) is 21.0. The summed E-state index contributed by atoms with van der Waals surface area (Å²) in [6.07, 6.45) is 7.27. The van der Waals surface area contributed by atoms with Crippen LogP contribution in [-0.4, -0.2) is 24.9 Å². The van der Waals surface area contributed by atoms with Crippen molar-refractivity contribution in [2.24, 2.45) is 5.92 Å². The van der Waals surface area contributed by atoms with Crippen molar-refractivity contribution in [3.63, 3.8) is 0 Å². The number of halogens is 1. The second kappa shape index (κ2) is 10.7. The Morgan fingerprint density at radius 1 is 1.00 bits per heavy atom. The van der Waals surface area contributed by atoms with Gasteiger partial charge in [-0.15, -0.1) is 0 Å². The Morgan fingerprint density at radius 2 is 1.69 bits per heavy atom. The van der Waals surface area contributed by atoms with Crippen LogP contribution in [0.15, 0.2) is 54.6 Å². The lowest BCUT2D eigenvalue weighted by molar-refractivity contribution is -0.121. The molecule has 3 rings (SSSR count). The fraction of sp³-hybridized carbons (Fsp3) is 0.417. The van der Waals surface area contributed by atoms with Crippen molar-refractivity contribution in [2.45, 2.75) is 44.9 Å². The van der Waals surface area contributed by atoms with E-state index in [2.05, 4.69) is 5.32 Å². The average molecular weight is 397 g/mol.